The van der Waals surface area contributed by atoms with Gasteiger partial charge in [0.2, 0.25) is 0 Å². The number of nitro benzene ring substituents is 2. The molecule has 74 valence electrons. The minimum absolute atomic E-state index is 0.0897. The van der Waals surface area contributed by atoms with Crippen molar-refractivity contribution >= 4 is 34.0 Å². The summed E-state index contributed by atoms with van der Waals surface area (Å²) in [6, 6.07) is 2.63. The van der Waals surface area contributed by atoms with Crippen molar-refractivity contribution in [3.8, 4) is 0 Å². The zero-order valence-corrected chi connectivity index (χ0v) is 9.22. The van der Waals surface area contributed by atoms with Crippen LogP contribution >= 0.6 is 22.6 Å². The lowest BCUT2D eigenvalue weighted by molar-refractivity contribution is -0.395. The first-order valence-electron chi connectivity index (χ1n) is 3.53. The number of nitrogens with zero attached hydrogens (tertiary/aromatic N) is 2. The van der Waals surface area contributed by atoms with E-state index in [0.29, 0.717) is 3.57 Å². The average Bonchev–Trinajstić information content (AvgIpc) is 2.02. The van der Waals surface area contributed by atoms with Gasteiger partial charge in [0.05, 0.1) is 13.4 Å². The molecular formula is C7H5IN2O4. The maximum absolute atomic E-state index is 10.6. The molecule has 0 amide bonds. The van der Waals surface area contributed by atoms with Crippen LogP contribution in [0.2, 0.25) is 0 Å². The zero-order chi connectivity index (χ0) is 10.9. The van der Waals surface area contributed by atoms with E-state index in [1.165, 1.54) is 19.1 Å². The molecule has 0 atom stereocenters. The highest BCUT2D eigenvalue weighted by Gasteiger charge is 2.24. The molecule has 0 heterocycles. The number of hydrogen-bond donors (Lipinski definition) is 0. The van der Waals surface area contributed by atoms with Crippen molar-refractivity contribution in [2.45, 2.75) is 6.92 Å². The van der Waals surface area contributed by atoms with Crippen LogP contribution in [0.3, 0.4) is 0 Å². The van der Waals surface area contributed by atoms with Gasteiger partial charge in [-0.25, -0.2) is 0 Å². The van der Waals surface area contributed by atoms with Crippen LogP contribution < -0.4 is 0 Å². The molecule has 0 bridgehead atoms. The Morgan fingerprint density at radius 1 is 1.21 bits per heavy atom. The Hall–Kier alpha value is -1.25. The van der Waals surface area contributed by atoms with E-state index in [1.54, 1.807) is 22.6 Å². The Morgan fingerprint density at radius 2 is 1.79 bits per heavy atom. The predicted octanol–water partition coefficient (Wildman–Crippen LogP) is 2.42. The monoisotopic (exact) mass is 308 g/mol. The lowest BCUT2D eigenvalue weighted by atomic mass is 10.1. The van der Waals surface area contributed by atoms with Crippen LogP contribution in [0.15, 0.2) is 12.1 Å². The highest BCUT2D eigenvalue weighted by Crippen LogP contribution is 2.31. The Balaban J connectivity index is 3.49. The van der Waals surface area contributed by atoms with Gasteiger partial charge in [0, 0.05) is 6.07 Å². The molecule has 0 aliphatic rings. The molecular weight excluding hydrogens is 303 g/mol. The summed E-state index contributed by atoms with van der Waals surface area (Å²) in [4.78, 5) is 19.9. The van der Waals surface area contributed by atoms with Crippen molar-refractivity contribution in [2.24, 2.45) is 0 Å². The van der Waals surface area contributed by atoms with E-state index in [0.717, 1.165) is 0 Å². The van der Waals surface area contributed by atoms with Gasteiger partial charge in [0.1, 0.15) is 5.56 Å². The fraction of sp³-hybridized carbons (Fsp3) is 0.143. The highest BCUT2D eigenvalue weighted by atomic mass is 127. The summed E-state index contributed by atoms with van der Waals surface area (Å²) in [7, 11) is 0. The number of benzene rings is 1. The van der Waals surface area contributed by atoms with Gasteiger partial charge in [-0.1, -0.05) is 0 Å². The van der Waals surface area contributed by atoms with Crippen molar-refractivity contribution in [3.05, 3.63) is 41.5 Å². The van der Waals surface area contributed by atoms with Crippen LogP contribution in [0.25, 0.3) is 0 Å². The van der Waals surface area contributed by atoms with Gasteiger partial charge >= 0.3 is 0 Å². The summed E-state index contributed by atoms with van der Waals surface area (Å²) in [6.45, 7) is 1.37. The third-order valence-electron chi connectivity index (χ3n) is 1.73. The second kappa shape index (κ2) is 3.86. The number of halogens is 1. The van der Waals surface area contributed by atoms with Crippen molar-refractivity contribution in [1.82, 2.24) is 0 Å². The second-order valence-electron chi connectivity index (χ2n) is 2.55. The first-order valence-corrected chi connectivity index (χ1v) is 4.61. The van der Waals surface area contributed by atoms with E-state index in [-0.39, 0.29) is 16.9 Å². The lowest BCUT2D eigenvalue weighted by Gasteiger charge is -2.00. The molecule has 0 aliphatic carbocycles. The standard InChI is InChI=1S/C7H5IN2O4/c1-4-6(9(11)12)3-2-5(8)7(4)10(13)14/h2-3H,1H3. The van der Waals surface area contributed by atoms with Crippen LogP contribution in [0.5, 0.6) is 0 Å². The first kappa shape index (κ1) is 10.8. The van der Waals surface area contributed by atoms with E-state index in [2.05, 4.69) is 0 Å². The zero-order valence-electron chi connectivity index (χ0n) is 7.06. The van der Waals surface area contributed by atoms with Gasteiger partial charge in [0.25, 0.3) is 11.4 Å². The van der Waals surface area contributed by atoms with Crippen molar-refractivity contribution in [3.63, 3.8) is 0 Å². The molecule has 7 heteroatoms. The van der Waals surface area contributed by atoms with Crippen molar-refractivity contribution in [2.75, 3.05) is 0 Å². The number of hydrogen-bond acceptors (Lipinski definition) is 4. The van der Waals surface area contributed by atoms with Gasteiger partial charge in [-0.15, -0.1) is 0 Å². The average molecular weight is 308 g/mol. The van der Waals surface area contributed by atoms with Gasteiger partial charge in [-0.3, -0.25) is 20.2 Å². The molecule has 0 unspecified atom stereocenters. The topological polar surface area (TPSA) is 86.3 Å². The molecule has 0 aromatic heterocycles. The fourth-order valence-corrected chi connectivity index (χ4v) is 1.86. The van der Waals surface area contributed by atoms with E-state index in [1.807, 2.05) is 0 Å². The molecule has 14 heavy (non-hydrogen) atoms. The van der Waals surface area contributed by atoms with Crippen LogP contribution in [-0.2, 0) is 0 Å². The smallest absolute Gasteiger partial charge is 0.258 e. The highest BCUT2D eigenvalue weighted by molar-refractivity contribution is 14.1. The van der Waals surface area contributed by atoms with Crippen molar-refractivity contribution in [1.29, 1.82) is 0 Å². The van der Waals surface area contributed by atoms with E-state index < -0.39 is 9.85 Å². The Bertz CT molecular complexity index is 418. The summed E-state index contributed by atoms with van der Waals surface area (Å²) in [5.41, 5.74) is -0.330. The van der Waals surface area contributed by atoms with E-state index >= 15 is 0 Å². The molecule has 0 fully saturated rings. The third-order valence-corrected chi connectivity index (χ3v) is 2.60. The van der Waals surface area contributed by atoms with Gasteiger partial charge in [-0.2, -0.15) is 0 Å². The maximum atomic E-state index is 10.6. The quantitative estimate of drug-likeness (QED) is 0.477. The summed E-state index contributed by atoms with van der Waals surface area (Å²) >= 11 is 1.78. The normalized spacial score (nSPS) is 9.86. The second-order valence-corrected chi connectivity index (χ2v) is 3.72. The minimum atomic E-state index is -0.627. The molecule has 1 rings (SSSR count). The van der Waals surface area contributed by atoms with Crippen LogP contribution in [0.1, 0.15) is 5.56 Å². The third kappa shape index (κ3) is 1.81. The van der Waals surface area contributed by atoms with Gasteiger partial charge < -0.3 is 0 Å². The minimum Gasteiger partial charge on any atom is -0.258 e. The summed E-state index contributed by atoms with van der Waals surface area (Å²) < 4.78 is 0.399. The molecule has 1 aromatic rings. The summed E-state index contributed by atoms with van der Waals surface area (Å²) in [5.74, 6) is 0. The molecule has 0 aliphatic heterocycles. The largest absolute Gasteiger partial charge is 0.292 e. The SMILES string of the molecule is Cc1c([N+](=O)[O-])ccc(I)c1[N+](=O)[O-]. The van der Waals surface area contributed by atoms with Crippen LogP contribution in [0, 0.1) is 30.7 Å². The number of nitro groups is 2. The molecule has 6 nitrogen and oxygen atoms in total. The molecule has 0 N–H and O–H groups in total. The van der Waals surface area contributed by atoms with E-state index in [4.69, 9.17) is 0 Å². The van der Waals surface area contributed by atoms with Crippen molar-refractivity contribution < 1.29 is 9.85 Å². The van der Waals surface area contributed by atoms with Gasteiger partial charge in [0.15, 0.2) is 0 Å². The van der Waals surface area contributed by atoms with Crippen LogP contribution in [-0.4, -0.2) is 9.85 Å². The van der Waals surface area contributed by atoms with Gasteiger partial charge in [-0.05, 0) is 35.6 Å². The molecule has 0 spiro atoms. The maximum Gasteiger partial charge on any atom is 0.292 e. The molecule has 0 saturated carbocycles. The molecule has 0 saturated heterocycles. The molecule has 0 radical (unpaired) electrons. The molecule has 1 aromatic carbocycles. The van der Waals surface area contributed by atoms with E-state index in [9.17, 15) is 20.2 Å². The fourth-order valence-electron chi connectivity index (χ4n) is 1.08. The number of rotatable bonds is 2. The predicted molar refractivity (Wildman–Crippen MR) is 57.2 cm³/mol. The summed E-state index contributed by atoms with van der Waals surface area (Å²) in [5, 5.41) is 21.1. The summed E-state index contributed by atoms with van der Waals surface area (Å²) in [6.07, 6.45) is 0. The lowest BCUT2D eigenvalue weighted by Crippen LogP contribution is -1.99. The van der Waals surface area contributed by atoms with Crippen LogP contribution in [0.4, 0.5) is 11.4 Å². The Labute approximate surface area is 92.4 Å². The Morgan fingerprint density at radius 3 is 2.21 bits per heavy atom. The Kier molecular flexibility index (Phi) is 2.99. The first-order chi connectivity index (χ1) is 6.45.